The van der Waals surface area contributed by atoms with E-state index in [0.717, 1.165) is 0 Å². The maximum absolute atomic E-state index is 12.4. The van der Waals surface area contributed by atoms with Gasteiger partial charge in [0.2, 0.25) is 5.79 Å². The molecule has 2 saturated carbocycles. The van der Waals surface area contributed by atoms with Crippen LogP contribution in [-0.4, -0.2) is 37.4 Å². The molecule has 1 heterocycles. The van der Waals surface area contributed by atoms with Crippen LogP contribution < -0.4 is 0 Å². The molecule has 3 fully saturated rings. The quantitative estimate of drug-likeness (QED) is 0.577. The van der Waals surface area contributed by atoms with Gasteiger partial charge in [-0.1, -0.05) is 6.92 Å². The summed E-state index contributed by atoms with van der Waals surface area (Å²) in [4.78, 5) is 12.4. The molecule has 3 aliphatic rings. The highest BCUT2D eigenvalue weighted by molar-refractivity contribution is 5.84. The summed E-state index contributed by atoms with van der Waals surface area (Å²) in [7, 11) is 1.60. The van der Waals surface area contributed by atoms with Crippen LogP contribution in [0.25, 0.3) is 0 Å². The smallest absolute Gasteiger partial charge is 0.318 e. The number of carbonyl (C=O) groups is 1. The van der Waals surface area contributed by atoms with Crippen molar-refractivity contribution in [3.8, 4) is 0 Å². The Morgan fingerprint density at radius 3 is 2.68 bits per heavy atom. The molecule has 5 heteroatoms. The topological polar surface area (TPSA) is 54.0 Å². The number of cyclic esters (lactones) is 1. The van der Waals surface area contributed by atoms with E-state index in [-0.39, 0.29) is 30.7 Å². The van der Waals surface area contributed by atoms with Crippen LogP contribution >= 0.6 is 0 Å². The van der Waals surface area contributed by atoms with Crippen LogP contribution in [-0.2, 0) is 23.7 Å². The van der Waals surface area contributed by atoms with Crippen molar-refractivity contribution in [2.45, 2.75) is 51.6 Å². The maximum Gasteiger partial charge on any atom is 0.318 e. The first-order valence-electron chi connectivity index (χ1n) is 6.83. The zero-order valence-electron chi connectivity index (χ0n) is 12.2. The fourth-order valence-electron chi connectivity index (χ4n) is 4.44. The fourth-order valence-corrected chi connectivity index (χ4v) is 4.44. The van der Waals surface area contributed by atoms with E-state index in [1.165, 1.54) is 0 Å². The summed E-state index contributed by atoms with van der Waals surface area (Å²) in [5, 5.41) is 0. The highest BCUT2D eigenvalue weighted by atomic mass is 16.7. The molecule has 108 valence electrons. The predicted octanol–water partition coefficient (Wildman–Crippen LogP) is 1.70. The molecular formula is C14H22O5. The van der Waals surface area contributed by atoms with Gasteiger partial charge in [0, 0.05) is 26.9 Å². The summed E-state index contributed by atoms with van der Waals surface area (Å²) in [5.41, 5.74) is -0.955. The Kier molecular flexibility index (Phi) is 2.61. The van der Waals surface area contributed by atoms with Gasteiger partial charge in [0.15, 0.2) is 0 Å². The molecule has 0 unspecified atom stereocenters. The first-order valence-corrected chi connectivity index (χ1v) is 6.83. The minimum absolute atomic E-state index is 0.0698. The number of esters is 1. The predicted molar refractivity (Wildman–Crippen MR) is 66.1 cm³/mol. The molecule has 5 atom stereocenters. The molecule has 19 heavy (non-hydrogen) atoms. The summed E-state index contributed by atoms with van der Waals surface area (Å²) >= 11 is 0. The summed E-state index contributed by atoms with van der Waals surface area (Å²) in [6.07, 6.45) is 0.733. The third kappa shape index (κ3) is 1.38. The van der Waals surface area contributed by atoms with Gasteiger partial charge in [0.05, 0.1) is 11.7 Å². The van der Waals surface area contributed by atoms with Gasteiger partial charge in [-0.25, -0.2) is 0 Å². The molecular weight excluding hydrogens is 248 g/mol. The standard InChI is InChI=1S/C14H22O5/c1-8-10-9(17-7-16-5)6-14(10)11(15)18-12(2,3)19-13(8,14)4/h8-10H,6-7H2,1-5H3/t8-,9+,10+,13-,14-/m1/s1. The van der Waals surface area contributed by atoms with Crippen molar-refractivity contribution in [1.82, 2.24) is 0 Å². The van der Waals surface area contributed by atoms with Crippen LogP contribution in [0.4, 0.5) is 0 Å². The minimum atomic E-state index is -0.839. The van der Waals surface area contributed by atoms with E-state index in [4.69, 9.17) is 18.9 Å². The normalized spacial score (nSPS) is 50.4. The second kappa shape index (κ2) is 3.71. The largest absolute Gasteiger partial charge is 0.433 e. The first kappa shape index (κ1) is 13.3. The van der Waals surface area contributed by atoms with Gasteiger partial charge < -0.3 is 18.9 Å². The van der Waals surface area contributed by atoms with Gasteiger partial charge in [-0.3, -0.25) is 4.79 Å². The van der Waals surface area contributed by atoms with Crippen LogP contribution in [0.5, 0.6) is 0 Å². The monoisotopic (exact) mass is 270 g/mol. The Morgan fingerprint density at radius 1 is 1.37 bits per heavy atom. The Morgan fingerprint density at radius 2 is 2.05 bits per heavy atom. The lowest BCUT2D eigenvalue weighted by Gasteiger charge is -2.76. The van der Waals surface area contributed by atoms with E-state index in [0.29, 0.717) is 6.42 Å². The van der Waals surface area contributed by atoms with Crippen LogP contribution in [0.2, 0.25) is 0 Å². The number of rotatable bonds is 3. The van der Waals surface area contributed by atoms with Crippen molar-refractivity contribution in [3.05, 3.63) is 0 Å². The number of ether oxygens (including phenoxy) is 4. The molecule has 1 aliphatic heterocycles. The third-order valence-corrected chi connectivity index (χ3v) is 5.35. The second-order valence-electron chi connectivity index (χ2n) is 6.60. The van der Waals surface area contributed by atoms with Gasteiger partial charge in [-0.05, 0) is 19.3 Å². The second-order valence-corrected chi connectivity index (χ2v) is 6.60. The van der Waals surface area contributed by atoms with Crippen molar-refractivity contribution in [3.63, 3.8) is 0 Å². The molecule has 1 spiro atoms. The van der Waals surface area contributed by atoms with E-state index in [2.05, 4.69) is 6.92 Å². The van der Waals surface area contributed by atoms with E-state index in [9.17, 15) is 4.79 Å². The molecule has 0 aromatic rings. The van der Waals surface area contributed by atoms with E-state index in [1.807, 2.05) is 6.92 Å². The minimum Gasteiger partial charge on any atom is -0.433 e. The molecule has 0 aromatic carbocycles. The number of hydrogen-bond donors (Lipinski definition) is 0. The Bertz CT molecular complexity index is 420. The average molecular weight is 270 g/mol. The highest BCUT2D eigenvalue weighted by Crippen LogP contribution is 2.74. The van der Waals surface area contributed by atoms with Gasteiger partial charge in [0.1, 0.15) is 12.2 Å². The summed E-state index contributed by atoms with van der Waals surface area (Å²) in [6.45, 7) is 8.01. The molecule has 0 radical (unpaired) electrons. The zero-order valence-corrected chi connectivity index (χ0v) is 12.2. The lowest BCUT2D eigenvalue weighted by Crippen LogP contribution is -2.85. The van der Waals surface area contributed by atoms with Gasteiger partial charge in [0.25, 0.3) is 0 Å². The SMILES string of the molecule is COCO[C@H]1C[C@@]23C(=O)OC(C)(C)O[C@]2(C)[C@H](C)[C@@H]13. The molecule has 0 N–H and O–H groups in total. The van der Waals surface area contributed by atoms with Crippen LogP contribution in [0.15, 0.2) is 0 Å². The van der Waals surface area contributed by atoms with Crippen molar-refractivity contribution in [1.29, 1.82) is 0 Å². The van der Waals surface area contributed by atoms with E-state index in [1.54, 1.807) is 21.0 Å². The highest BCUT2D eigenvalue weighted by Gasteiger charge is 2.84. The Balaban J connectivity index is 1.83. The lowest BCUT2D eigenvalue weighted by molar-refractivity contribution is -0.431. The molecule has 0 bridgehead atoms. The molecule has 2 aliphatic carbocycles. The number of methoxy groups -OCH3 is 1. The van der Waals surface area contributed by atoms with Crippen LogP contribution in [0.1, 0.15) is 34.1 Å². The fraction of sp³-hybridized carbons (Fsp3) is 0.929. The molecule has 3 rings (SSSR count). The van der Waals surface area contributed by atoms with Gasteiger partial charge >= 0.3 is 5.97 Å². The van der Waals surface area contributed by atoms with Crippen molar-refractivity contribution in [2.75, 3.05) is 13.9 Å². The van der Waals surface area contributed by atoms with Gasteiger partial charge in [-0.2, -0.15) is 0 Å². The Labute approximate surface area is 113 Å². The van der Waals surface area contributed by atoms with Crippen molar-refractivity contribution in [2.24, 2.45) is 17.3 Å². The van der Waals surface area contributed by atoms with Crippen molar-refractivity contribution >= 4 is 5.97 Å². The summed E-state index contributed by atoms with van der Waals surface area (Å²) in [5.74, 6) is -0.521. The zero-order chi connectivity index (χ0) is 14.1. The van der Waals surface area contributed by atoms with E-state index < -0.39 is 16.8 Å². The van der Waals surface area contributed by atoms with E-state index >= 15 is 0 Å². The maximum atomic E-state index is 12.4. The number of hydrogen-bond acceptors (Lipinski definition) is 5. The number of carbonyl (C=O) groups excluding carboxylic acids is 1. The molecule has 0 aromatic heterocycles. The third-order valence-electron chi connectivity index (χ3n) is 5.35. The van der Waals surface area contributed by atoms with Crippen LogP contribution in [0.3, 0.4) is 0 Å². The first-order chi connectivity index (χ1) is 8.78. The van der Waals surface area contributed by atoms with Crippen LogP contribution in [0, 0.1) is 17.3 Å². The molecule has 5 nitrogen and oxygen atoms in total. The lowest BCUT2D eigenvalue weighted by atomic mass is 9.34. The van der Waals surface area contributed by atoms with Crippen molar-refractivity contribution < 1.29 is 23.7 Å². The molecule has 1 saturated heterocycles. The summed E-state index contributed by atoms with van der Waals surface area (Å²) in [6, 6.07) is 0. The summed E-state index contributed by atoms with van der Waals surface area (Å²) < 4.78 is 22.1. The Hall–Kier alpha value is -0.650. The molecule has 0 amide bonds. The average Bonchev–Trinajstić information content (AvgIpc) is 2.24. The van der Waals surface area contributed by atoms with Gasteiger partial charge in [-0.15, -0.1) is 0 Å².